The van der Waals surface area contributed by atoms with Gasteiger partial charge < -0.3 is 14.5 Å². The largest absolute Gasteiger partial charge is 0.479 e. The average Bonchev–Trinajstić information content (AvgIpc) is 3.32. The summed E-state index contributed by atoms with van der Waals surface area (Å²) in [6.07, 6.45) is 3.74. The molecule has 0 saturated heterocycles. The van der Waals surface area contributed by atoms with Gasteiger partial charge in [0, 0.05) is 25.4 Å². The molecule has 29 heavy (non-hydrogen) atoms. The lowest BCUT2D eigenvalue weighted by Gasteiger charge is -2.08. The number of rotatable bonds is 8. The highest BCUT2D eigenvalue weighted by Gasteiger charge is 2.21. The Bertz CT molecular complexity index is 996. The standard InChI is InChI=1S/C18H14ClF4N3O3/c19-10-7-25-26(8-10)5-1-4-24-18(27)14-3-2-11(29-14)9-28-17-15(22)12(20)6-13(21)16(17)23/h2-3,6-8H,1,4-5,9H2,(H,24,27). The third-order valence-electron chi connectivity index (χ3n) is 3.77. The van der Waals surface area contributed by atoms with Crippen LogP contribution >= 0.6 is 11.6 Å². The molecule has 2 aromatic heterocycles. The molecule has 0 unspecified atom stereocenters. The molecule has 0 aliphatic carbocycles. The fraction of sp³-hybridized carbons (Fsp3) is 0.222. The van der Waals surface area contributed by atoms with Crippen LogP contribution in [0.4, 0.5) is 17.6 Å². The van der Waals surface area contributed by atoms with Crippen molar-refractivity contribution in [3.8, 4) is 5.75 Å². The van der Waals surface area contributed by atoms with Gasteiger partial charge in [0.05, 0.1) is 11.2 Å². The highest BCUT2D eigenvalue weighted by atomic mass is 35.5. The number of carbonyl (C=O) groups is 1. The smallest absolute Gasteiger partial charge is 0.286 e. The molecule has 0 atom stereocenters. The molecule has 0 bridgehead atoms. The van der Waals surface area contributed by atoms with E-state index in [9.17, 15) is 22.4 Å². The van der Waals surface area contributed by atoms with Gasteiger partial charge in [-0.15, -0.1) is 0 Å². The highest BCUT2D eigenvalue weighted by molar-refractivity contribution is 6.30. The van der Waals surface area contributed by atoms with Crippen LogP contribution < -0.4 is 10.1 Å². The van der Waals surface area contributed by atoms with Crippen molar-refractivity contribution in [2.75, 3.05) is 6.54 Å². The number of carbonyl (C=O) groups excluding carboxylic acids is 1. The van der Waals surface area contributed by atoms with Gasteiger partial charge in [0.1, 0.15) is 12.4 Å². The molecular formula is C18H14ClF4N3O3. The van der Waals surface area contributed by atoms with Gasteiger partial charge in [-0.1, -0.05) is 11.6 Å². The molecule has 0 aliphatic heterocycles. The zero-order valence-electron chi connectivity index (χ0n) is 14.7. The summed E-state index contributed by atoms with van der Waals surface area (Å²) in [4.78, 5) is 12.0. The summed E-state index contributed by atoms with van der Waals surface area (Å²) in [5.74, 6) is -8.24. The maximum atomic E-state index is 13.6. The third-order valence-corrected chi connectivity index (χ3v) is 3.96. The van der Waals surface area contributed by atoms with Crippen molar-refractivity contribution in [3.05, 3.63) is 70.4 Å². The Labute approximate surface area is 167 Å². The van der Waals surface area contributed by atoms with E-state index in [-0.39, 0.29) is 17.6 Å². The van der Waals surface area contributed by atoms with Crippen molar-refractivity contribution in [3.63, 3.8) is 0 Å². The summed E-state index contributed by atoms with van der Waals surface area (Å²) in [6.45, 7) is 0.345. The molecule has 1 N–H and O–H groups in total. The maximum absolute atomic E-state index is 13.6. The van der Waals surface area contributed by atoms with Crippen LogP contribution in [0, 0.1) is 23.3 Å². The summed E-state index contributed by atoms with van der Waals surface area (Å²) in [5, 5.41) is 7.15. The molecule has 0 aliphatic rings. The number of aryl methyl sites for hydroxylation is 1. The summed E-state index contributed by atoms with van der Waals surface area (Å²) in [7, 11) is 0. The van der Waals surface area contributed by atoms with E-state index in [1.807, 2.05) is 0 Å². The lowest BCUT2D eigenvalue weighted by Crippen LogP contribution is -2.24. The molecule has 1 aromatic carbocycles. The van der Waals surface area contributed by atoms with E-state index in [1.165, 1.54) is 18.3 Å². The molecule has 2 heterocycles. The van der Waals surface area contributed by atoms with Crippen LogP contribution in [-0.2, 0) is 13.2 Å². The first-order valence-electron chi connectivity index (χ1n) is 8.36. The topological polar surface area (TPSA) is 69.3 Å². The van der Waals surface area contributed by atoms with Crippen molar-refractivity contribution >= 4 is 17.5 Å². The van der Waals surface area contributed by atoms with E-state index >= 15 is 0 Å². The molecular weight excluding hydrogens is 418 g/mol. The Hall–Kier alpha value is -3.01. The van der Waals surface area contributed by atoms with Gasteiger partial charge >= 0.3 is 0 Å². The van der Waals surface area contributed by atoms with Gasteiger partial charge in [-0.2, -0.15) is 13.9 Å². The number of halogens is 5. The fourth-order valence-corrected chi connectivity index (χ4v) is 2.55. The Morgan fingerprint density at radius 1 is 1.21 bits per heavy atom. The number of nitrogens with zero attached hydrogens (tertiary/aromatic N) is 2. The second-order valence-corrected chi connectivity index (χ2v) is 6.32. The van der Waals surface area contributed by atoms with Crippen LogP contribution in [0.25, 0.3) is 0 Å². The summed E-state index contributed by atoms with van der Waals surface area (Å²) >= 11 is 5.75. The molecule has 3 aromatic rings. The lowest BCUT2D eigenvalue weighted by molar-refractivity contribution is 0.0920. The van der Waals surface area contributed by atoms with E-state index in [4.69, 9.17) is 20.8 Å². The zero-order chi connectivity index (χ0) is 21.0. The minimum absolute atomic E-state index is 0.0322. The number of hydrogen-bond acceptors (Lipinski definition) is 4. The third kappa shape index (κ3) is 5.08. The van der Waals surface area contributed by atoms with Crippen molar-refractivity contribution in [1.82, 2.24) is 15.1 Å². The van der Waals surface area contributed by atoms with Gasteiger partial charge in [-0.25, -0.2) is 8.78 Å². The van der Waals surface area contributed by atoms with Crippen LogP contribution in [0.3, 0.4) is 0 Å². The molecule has 0 radical (unpaired) electrons. The number of aromatic nitrogens is 2. The van der Waals surface area contributed by atoms with Crippen LogP contribution in [0.2, 0.25) is 5.02 Å². The molecule has 0 spiro atoms. The van der Waals surface area contributed by atoms with E-state index in [0.29, 0.717) is 24.5 Å². The van der Waals surface area contributed by atoms with Gasteiger partial charge in [-0.3, -0.25) is 9.48 Å². The Morgan fingerprint density at radius 3 is 2.59 bits per heavy atom. The zero-order valence-corrected chi connectivity index (χ0v) is 15.5. The molecule has 1 amide bonds. The Kier molecular flexibility index (Phi) is 6.42. The van der Waals surface area contributed by atoms with Crippen molar-refractivity contribution in [2.24, 2.45) is 0 Å². The maximum Gasteiger partial charge on any atom is 0.286 e. The van der Waals surface area contributed by atoms with Gasteiger partial charge in [0.25, 0.3) is 5.91 Å². The summed E-state index contributed by atoms with van der Waals surface area (Å²) in [6, 6.07) is 2.75. The predicted molar refractivity (Wildman–Crippen MR) is 93.5 cm³/mol. The second kappa shape index (κ2) is 8.99. The minimum atomic E-state index is -1.66. The first-order chi connectivity index (χ1) is 13.8. The Balaban J connectivity index is 1.51. The van der Waals surface area contributed by atoms with Crippen LogP contribution in [0.5, 0.6) is 5.75 Å². The molecule has 0 saturated carbocycles. The van der Waals surface area contributed by atoms with Crippen LogP contribution in [0.1, 0.15) is 22.7 Å². The van der Waals surface area contributed by atoms with Crippen LogP contribution in [0.15, 0.2) is 35.0 Å². The SMILES string of the molecule is O=C(NCCCn1cc(Cl)cn1)c1ccc(COc2c(F)c(F)cc(F)c2F)o1. The van der Waals surface area contributed by atoms with E-state index in [0.717, 1.165) is 0 Å². The van der Waals surface area contributed by atoms with Crippen molar-refractivity contribution in [2.45, 2.75) is 19.6 Å². The Morgan fingerprint density at radius 2 is 1.93 bits per heavy atom. The normalized spacial score (nSPS) is 10.9. The van der Waals surface area contributed by atoms with Gasteiger partial charge in [-0.05, 0) is 18.6 Å². The molecule has 6 nitrogen and oxygen atoms in total. The molecule has 3 rings (SSSR count). The molecule has 11 heteroatoms. The second-order valence-electron chi connectivity index (χ2n) is 5.88. The van der Waals surface area contributed by atoms with Crippen molar-refractivity contribution in [1.29, 1.82) is 0 Å². The number of hydrogen-bond donors (Lipinski definition) is 1. The number of furan rings is 1. The number of ether oxygens (including phenoxy) is 1. The van der Waals surface area contributed by atoms with Crippen molar-refractivity contribution < 1.29 is 31.5 Å². The van der Waals surface area contributed by atoms with Crippen LogP contribution in [-0.4, -0.2) is 22.2 Å². The predicted octanol–water partition coefficient (Wildman–Crippen LogP) is 4.09. The minimum Gasteiger partial charge on any atom is -0.479 e. The molecule has 154 valence electrons. The van der Waals surface area contributed by atoms with E-state index < -0.39 is 41.5 Å². The summed E-state index contributed by atoms with van der Waals surface area (Å²) < 4.78 is 65.1. The quantitative estimate of drug-likeness (QED) is 0.331. The lowest BCUT2D eigenvalue weighted by atomic mass is 10.3. The monoisotopic (exact) mass is 431 g/mol. The average molecular weight is 432 g/mol. The van der Waals surface area contributed by atoms with Gasteiger partial charge in [0.15, 0.2) is 23.1 Å². The van der Waals surface area contributed by atoms with Gasteiger partial charge in [0.2, 0.25) is 11.6 Å². The number of amides is 1. The fourth-order valence-electron chi connectivity index (χ4n) is 2.39. The number of benzene rings is 1. The molecule has 0 fully saturated rings. The first kappa shape index (κ1) is 20.7. The summed E-state index contributed by atoms with van der Waals surface area (Å²) in [5.41, 5.74) is 0. The first-order valence-corrected chi connectivity index (χ1v) is 8.73. The van der Waals surface area contributed by atoms with E-state index in [1.54, 1.807) is 10.9 Å². The highest BCUT2D eigenvalue weighted by Crippen LogP contribution is 2.27. The number of nitrogens with one attached hydrogen (secondary N) is 1. The van der Waals surface area contributed by atoms with E-state index in [2.05, 4.69) is 10.4 Å².